The standard InChI is InChI=1S/C23H27N5O3.CH5N/c1-31-14-8-13-28-20-19(25-23(28)26-21(29)17-9-4-2-5-10-17)15-18(16-24-20)22(30)27-11-6-3-7-12-27;1-2/h2,4-5,9-10,15-16H,3,6-8,11-14H2,1H3,(H,25,26,29);2H2,1H3. The van der Waals surface area contributed by atoms with Crippen molar-refractivity contribution in [2.45, 2.75) is 32.2 Å². The number of pyridine rings is 1. The Morgan fingerprint density at radius 2 is 1.82 bits per heavy atom. The number of aromatic nitrogens is 3. The number of fused-ring (bicyclic) bond motifs is 1. The van der Waals surface area contributed by atoms with Crippen molar-refractivity contribution in [3.8, 4) is 0 Å². The number of methoxy groups -OCH3 is 1. The van der Waals surface area contributed by atoms with E-state index in [0.717, 1.165) is 38.8 Å². The van der Waals surface area contributed by atoms with Gasteiger partial charge in [0.15, 0.2) is 5.65 Å². The maximum Gasteiger partial charge on any atom is 0.257 e. The molecule has 0 aliphatic carbocycles. The Morgan fingerprint density at radius 3 is 2.52 bits per heavy atom. The molecule has 0 bridgehead atoms. The van der Waals surface area contributed by atoms with E-state index < -0.39 is 0 Å². The number of nitrogens with zero attached hydrogens (tertiary/aromatic N) is 4. The normalized spacial score (nSPS) is 13.4. The zero-order valence-corrected chi connectivity index (χ0v) is 19.3. The number of benzene rings is 1. The van der Waals surface area contributed by atoms with Gasteiger partial charge in [-0.05, 0) is 50.9 Å². The van der Waals surface area contributed by atoms with Crippen LogP contribution in [0.4, 0.5) is 5.95 Å². The van der Waals surface area contributed by atoms with Crippen molar-refractivity contribution in [2.24, 2.45) is 5.73 Å². The highest BCUT2D eigenvalue weighted by Gasteiger charge is 2.21. The van der Waals surface area contributed by atoms with Crippen LogP contribution in [-0.4, -0.2) is 65.1 Å². The first-order valence-corrected chi connectivity index (χ1v) is 11.3. The summed E-state index contributed by atoms with van der Waals surface area (Å²) in [5.41, 5.74) is 6.79. The highest BCUT2D eigenvalue weighted by atomic mass is 16.5. The largest absolute Gasteiger partial charge is 0.385 e. The number of hydrogen-bond acceptors (Lipinski definition) is 6. The van der Waals surface area contributed by atoms with Gasteiger partial charge >= 0.3 is 0 Å². The van der Waals surface area contributed by atoms with Crippen LogP contribution in [0.25, 0.3) is 11.2 Å². The van der Waals surface area contributed by atoms with Gasteiger partial charge in [-0.15, -0.1) is 0 Å². The minimum absolute atomic E-state index is 0.0158. The van der Waals surface area contributed by atoms with E-state index in [1.165, 1.54) is 7.05 Å². The number of hydrogen-bond donors (Lipinski definition) is 2. The van der Waals surface area contributed by atoms with Gasteiger partial charge in [0.05, 0.1) is 5.56 Å². The van der Waals surface area contributed by atoms with Gasteiger partial charge in [0.1, 0.15) is 5.52 Å². The number of carbonyl (C=O) groups is 2. The van der Waals surface area contributed by atoms with E-state index in [1.54, 1.807) is 31.5 Å². The van der Waals surface area contributed by atoms with Gasteiger partial charge < -0.3 is 15.4 Å². The lowest BCUT2D eigenvalue weighted by Gasteiger charge is -2.26. The third-order valence-corrected chi connectivity index (χ3v) is 5.47. The average molecular weight is 453 g/mol. The van der Waals surface area contributed by atoms with Gasteiger partial charge in [-0.25, -0.2) is 9.97 Å². The van der Waals surface area contributed by atoms with E-state index >= 15 is 0 Å². The summed E-state index contributed by atoms with van der Waals surface area (Å²) in [6, 6.07) is 10.8. The molecule has 3 heterocycles. The molecule has 2 aromatic heterocycles. The molecule has 176 valence electrons. The molecular formula is C24H32N6O3. The summed E-state index contributed by atoms with van der Waals surface area (Å²) in [6.45, 7) is 2.72. The summed E-state index contributed by atoms with van der Waals surface area (Å²) >= 11 is 0. The molecular weight excluding hydrogens is 420 g/mol. The van der Waals surface area contributed by atoms with E-state index in [0.29, 0.717) is 41.4 Å². The number of nitrogens with one attached hydrogen (secondary N) is 1. The van der Waals surface area contributed by atoms with Gasteiger partial charge in [0, 0.05) is 45.1 Å². The first-order chi connectivity index (χ1) is 16.2. The van der Waals surface area contributed by atoms with Crippen molar-refractivity contribution >= 4 is 28.9 Å². The Kier molecular flexibility index (Phi) is 8.91. The molecule has 0 unspecified atom stereocenters. The fourth-order valence-electron chi connectivity index (χ4n) is 3.84. The third kappa shape index (κ3) is 5.94. The SMILES string of the molecule is CN.COCCCn1c(NC(=O)c2ccccc2)nc2cc(C(=O)N3CCCCC3)cnc21. The minimum Gasteiger partial charge on any atom is -0.385 e. The summed E-state index contributed by atoms with van der Waals surface area (Å²) in [5, 5.41) is 2.89. The number of carbonyl (C=O) groups excluding carboxylic acids is 2. The lowest BCUT2D eigenvalue weighted by atomic mass is 10.1. The van der Waals surface area contributed by atoms with E-state index in [9.17, 15) is 9.59 Å². The lowest BCUT2D eigenvalue weighted by Crippen LogP contribution is -2.35. The highest BCUT2D eigenvalue weighted by Crippen LogP contribution is 2.22. The van der Waals surface area contributed by atoms with Gasteiger partial charge in [-0.3, -0.25) is 19.5 Å². The molecule has 0 saturated carbocycles. The summed E-state index contributed by atoms with van der Waals surface area (Å²) < 4.78 is 7.03. The third-order valence-electron chi connectivity index (χ3n) is 5.47. The second-order valence-corrected chi connectivity index (χ2v) is 7.67. The maximum absolute atomic E-state index is 12.9. The van der Waals surface area contributed by atoms with Crippen molar-refractivity contribution < 1.29 is 14.3 Å². The molecule has 1 fully saturated rings. The molecule has 3 N–H and O–H groups in total. The van der Waals surface area contributed by atoms with Crippen molar-refractivity contribution in [2.75, 3.05) is 39.2 Å². The molecule has 9 heteroatoms. The summed E-state index contributed by atoms with van der Waals surface area (Å²) in [5.74, 6) is 0.154. The van der Waals surface area contributed by atoms with Crippen molar-refractivity contribution in [1.82, 2.24) is 19.4 Å². The van der Waals surface area contributed by atoms with E-state index in [-0.39, 0.29) is 11.8 Å². The first-order valence-electron chi connectivity index (χ1n) is 11.3. The number of rotatable bonds is 7. The molecule has 4 rings (SSSR count). The summed E-state index contributed by atoms with van der Waals surface area (Å²) in [4.78, 5) is 36.6. The predicted octanol–water partition coefficient (Wildman–Crippen LogP) is 2.92. The van der Waals surface area contributed by atoms with Crippen LogP contribution in [0, 0.1) is 0 Å². The number of amides is 2. The smallest absolute Gasteiger partial charge is 0.257 e. The number of anilines is 1. The molecule has 1 aromatic carbocycles. The van der Waals surface area contributed by atoms with Gasteiger partial charge in [0.2, 0.25) is 5.95 Å². The summed E-state index contributed by atoms with van der Waals surface area (Å²) in [7, 11) is 3.15. The molecule has 9 nitrogen and oxygen atoms in total. The van der Waals surface area contributed by atoms with Gasteiger partial charge in [0.25, 0.3) is 11.8 Å². The minimum atomic E-state index is -0.242. The second kappa shape index (κ2) is 12.1. The van der Waals surface area contributed by atoms with Crippen molar-refractivity contribution in [3.05, 3.63) is 53.7 Å². The Bertz CT molecular complexity index is 1060. The molecule has 0 radical (unpaired) electrons. The van der Waals surface area contributed by atoms with Crippen LogP contribution in [0.1, 0.15) is 46.4 Å². The molecule has 33 heavy (non-hydrogen) atoms. The Morgan fingerprint density at radius 1 is 1.09 bits per heavy atom. The Hall–Kier alpha value is -3.30. The van der Waals surface area contributed by atoms with Crippen LogP contribution < -0.4 is 11.1 Å². The summed E-state index contributed by atoms with van der Waals surface area (Å²) in [6.07, 6.45) is 5.58. The molecule has 1 aliphatic heterocycles. The number of aryl methyl sites for hydroxylation is 1. The van der Waals surface area contributed by atoms with Crippen LogP contribution >= 0.6 is 0 Å². The predicted molar refractivity (Wildman–Crippen MR) is 128 cm³/mol. The first kappa shape index (κ1) is 24.3. The monoisotopic (exact) mass is 452 g/mol. The topological polar surface area (TPSA) is 115 Å². The molecule has 3 aromatic rings. The van der Waals surface area contributed by atoms with Crippen molar-refractivity contribution in [3.63, 3.8) is 0 Å². The van der Waals surface area contributed by atoms with Gasteiger partial charge in [-0.1, -0.05) is 18.2 Å². The number of ether oxygens (including phenoxy) is 1. The fourth-order valence-corrected chi connectivity index (χ4v) is 3.84. The lowest BCUT2D eigenvalue weighted by molar-refractivity contribution is 0.0724. The second-order valence-electron chi connectivity index (χ2n) is 7.67. The Labute approximate surface area is 193 Å². The van der Waals surface area contributed by atoms with E-state index in [4.69, 9.17) is 4.74 Å². The Balaban J connectivity index is 0.00000149. The highest BCUT2D eigenvalue weighted by molar-refractivity contribution is 6.04. The average Bonchev–Trinajstić information content (AvgIpc) is 3.22. The number of piperidine rings is 1. The van der Waals surface area contributed by atoms with Crippen LogP contribution in [0.3, 0.4) is 0 Å². The van der Waals surface area contributed by atoms with Crippen LogP contribution in [0.15, 0.2) is 42.6 Å². The fraction of sp³-hybridized carbons (Fsp3) is 0.417. The molecule has 1 aliphatic rings. The molecule has 1 saturated heterocycles. The van der Waals surface area contributed by atoms with Crippen molar-refractivity contribution in [1.29, 1.82) is 0 Å². The molecule has 0 spiro atoms. The maximum atomic E-state index is 12.9. The zero-order chi connectivity index (χ0) is 23.6. The number of imidazole rings is 1. The number of nitrogens with two attached hydrogens (primary N) is 1. The quantitative estimate of drug-likeness (QED) is 0.533. The van der Waals surface area contributed by atoms with E-state index in [1.807, 2.05) is 27.7 Å². The van der Waals surface area contributed by atoms with E-state index in [2.05, 4.69) is 21.0 Å². The zero-order valence-electron chi connectivity index (χ0n) is 19.3. The van der Waals surface area contributed by atoms with Crippen LogP contribution in [0.2, 0.25) is 0 Å². The number of likely N-dealkylation sites (tertiary alicyclic amines) is 1. The van der Waals surface area contributed by atoms with Crippen LogP contribution in [-0.2, 0) is 11.3 Å². The van der Waals surface area contributed by atoms with Crippen LogP contribution in [0.5, 0.6) is 0 Å². The molecule has 0 atom stereocenters. The molecule has 2 amide bonds. The van der Waals surface area contributed by atoms with Gasteiger partial charge in [-0.2, -0.15) is 0 Å².